The first kappa shape index (κ1) is 13.5. The van der Waals surface area contributed by atoms with Crippen molar-refractivity contribution in [3.63, 3.8) is 0 Å². The van der Waals surface area contributed by atoms with Crippen LogP contribution in [0.5, 0.6) is 0 Å². The van der Waals surface area contributed by atoms with E-state index in [-0.39, 0.29) is 5.41 Å². The first-order valence-corrected chi connectivity index (χ1v) is 6.43. The molecule has 1 aliphatic carbocycles. The Balaban J connectivity index is 2.50. The van der Waals surface area contributed by atoms with Gasteiger partial charge in [0.2, 0.25) is 5.91 Å². The molecule has 0 aromatic carbocycles. The van der Waals surface area contributed by atoms with Crippen molar-refractivity contribution in [3.05, 3.63) is 0 Å². The summed E-state index contributed by atoms with van der Waals surface area (Å²) in [5.41, 5.74) is 5.61. The van der Waals surface area contributed by atoms with Gasteiger partial charge in [0.25, 0.3) is 0 Å². The second kappa shape index (κ2) is 5.67. The van der Waals surface area contributed by atoms with E-state index in [4.69, 9.17) is 5.73 Å². The highest BCUT2D eigenvalue weighted by atomic mass is 16.2. The van der Waals surface area contributed by atoms with Crippen molar-refractivity contribution < 1.29 is 4.79 Å². The molecule has 0 atom stereocenters. The highest BCUT2D eigenvalue weighted by Gasteiger charge is 2.30. The SMILES string of the molecule is CC(C)(C)CC(=O)N(CCCN)C1CCC1. The van der Waals surface area contributed by atoms with Crippen molar-refractivity contribution in [2.45, 2.75) is 58.9 Å². The molecule has 1 aliphatic rings. The average Bonchev–Trinajstić information content (AvgIpc) is 2.05. The van der Waals surface area contributed by atoms with Crippen molar-refractivity contribution >= 4 is 5.91 Å². The molecule has 1 amide bonds. The maximum atomic E-state index is 12.2. The van der Waals surface area contributed by atoms with Crippen LogP contribution in [-0.2, 0) is 4.79 Å². The molecule has 3 heteroatoms. The third kappa shape index (κ3) is 4.12. The monoisotopic (exact) mass is 226 g/mol. The van der Waals surface area contributed by atoms with Crippen LogP contribution < -0.4 is 5.73 Å². The maximum absolute atomic E-state index is 12.2. The van der Waals surface area contributed by atoms with Gasteiger partial charge in [-0.05, 0) is 37.6 Å². The molecule has 0 aromatic rings. The Hall–Kier alpha value is -0.570. The third-order valence-electron chi connectivity index (χ3n) is 3.12. The summed E-state index contributed by atoms with van der Waals surface area (Å²) in [6.45, 7) is 7.87. The van der Waals surface area contributed by atoms with E-state index in [9.17, 15) is 4.79 Å². The first-order valence-electron chi connectivity index (χ1n) is 6.43. The van der Waals surface area contributed by atoms with Gasteiger partial charge in [-0.25, -0.2) is 0 Å². The van der Waals surface area contributed by atoms with E-state index < -0.39 is 0 Å². The van der Waals surface area contributed by atoms with Crippen LogP contribution in [0, 0.1) is 5.41 Å². The molecule has 0 bridgehead atoms. The van der Waals surface area contributed by atoms with Gasteiger partial charge < -0.3 is 10.6 Å². The zero-order valence-electron chi connectivity index (χ0n) is 11.0. The second-order valence-corrected chi connectivity index (χ2v) is 6.05. The van der Waals surface area contributed by atoms with Crippen LogP contribution in [0.2, 0.25) is 0 Å². The van der Waals surface area contributed by atoms with Gasteiger partial charge in [0.05, 0.1) is 0 Å². The Morgan fingerprint density at radius 2 is 2.00 bits per heavy atom. The van der Waals surface area contributed by atoms with E-state index in [1.54, 1.807) is 0 Å². The van der Waals surface area contributed by atoms with Gasteiger partial charge in [-0.1, -0.05) is 20.8 Å². The van der Waals surface area contributed by atoms with Crippen molar-refractivity contribution in [1.82, 2.24) is 4.90 Å². The number of hydrogen-bond acceptors (Lipinski definition) is 2. The molecule has 0 aliphatic heterocycles. The molecule has 1 rings (SSSR count). The summed E-state index contributed by atoms with van der Waals surface area (Å²) >= 11 is 0. The lowest BCUT2D eigenvalue weighted by Gasteiger charge is -2.39. The lowest BCUT2D eigenvalue weighted by atomic mass is 9.88. The highest BCUT2D eigenvalue weighted by Crippen LogP contribution is 2.28. The standard InChI is InChI=1S/C13H26N2O/c1-13(2,3)10-12(16)15(9-5-8-14)11-6-4-7-11/h11H,4-10,14H2,1-3H3. The van der Waals surface area contributed by atoms with E-state index >= 15 is 0 Å². The molecule has 0 spiro atoms. The van der Waals surface area contributed by atoms with Crippen LogP contribution in [0.25, 0.3) is 0 Å². The highest BCUT2D eigenvalue weighted by molar-refractivity contribution is 5.77. The van der Waals surface area contributed by atoms with E-state index in [1.807, 2.05) is 0 Å². The molecule has 0 aromatic heterocycles. The van der Waals surface area contributed by atoms with Crippen LogP contribution in [0.4, 0.5) is 0 Å². The molecular weight excluding hydrogens is 200 g/mol. The summed E-state index contributed by atoms with van der Waals surface area (Å²) in [5, 5.41) is 0. The van der Waals surface area contributed by atoms with E-state index in [0.717, 1.165) is 13.0 Å². The predicted molar refractivity (Wildman–Crippen MR) is 67.1 cm³/mol. The van der Waals surface area contributed by atoms with Crippen molar-refractivity contribution in [2.75, 3.05) is 13.1 Å². The molecule has 0 saturated heterocycles. The summed E-state index contributed by atoms with van der Waals surface area (Å²) in [5.74, 6) is 0.311. The van der Waals surface area contributed by atoms with Gasteiger partial charge in [0.15, 0.2) is 0 Å². The summed E-state index contributed by atoms with van der Waals surface area (Å²) in [7, 11) is 0. The molecule has 0 radical (unpaired) electrons. The minimum atomic E-state index is 0.0851. The molecule has 1 saturated carbocycles. The topological polar surface area (TPSA) is 46.3 Å². The zero-order chi connectivity index (χ0) is 12.2. The maximum Gasteiger partial charge on any atom is 0.223 e. The second-order valence-electron chi connectivity index (χ2n) is 6.05. The smallest absolute Gasteiger partial charge is 0.223 e. The average molecular weight is 226 g/mol. The summed E-state index contributed by atoms with van der Waals surface area (Å²) < 4.78 is 0. The van der Waals surface area contributed by atoms with Crippen LogP contribution in [0.1, 0.15) is 52.9 Å². The molecule has 2 N–H and O–H groups in total. The van der Waals surface area contributed by atoms with Gasteiger partial charge in [-0.2, -0.15) is 0 Å². The van der Waals surface area contributed by atoms with Crippen molar-refractivity contribution in [2.24, 2.45) is 11.1 Å². The summed E-state index contributed by atoms with van der Waals surface area (Å²) in [4.78, 5) is 14.3. The molecular formula is C13H26N2O. The van der Waals surface area contributed by atoms with E-state index in [0.29, 0.717) is 24.9 Å². The quantitative estimate of drug-likeness (QED) is 0.781. The van der Waals surface area contributed by atoms with Gasteiger partial charge >= 0.3 is 0 Å². The Bertz CT molecular complexity index is 229. The summed E-state index contributed by atoms with van der Waals surface area (Å²) in [6.07, 6.45) is 5.20. The van der Waals surface area contributed by atoms with Crippen LogP contribution in [0.3, 0.4) is 0 Å². The predicted octanol–water partition coefficient (Wildman–Crippen LogP) is 2.15. The molecule has 16 heavy (non-hydrogen) atoms. The zero-order valence-corrected chi connectivity index (χ0v) is 11.0. The Kier molecular flexibility index (Phi) is 4.78. The van der Waals surface area contributed by atoms with Gasteiger partial charge in [0, 0.05) is 19.0 Å². The van der Waals surface area contributed by atoms with Gasteiger partial charge in [-0.15, -0.1) is 0 Å². The largest absolute Gasteiger partial charge is 0.340 e. The minimum absolute atomic E-state index is 0.0851. The Morgan fingerprint density at radius 1 is 1.38 bits per heavy atom. The van der Waals surface area contributed by atoms with Crippen LogP contribution in [-0.4, -0.2) is 29.9 Å². The fourth-order valence-electron chi connectivity index (χ4n) is 2.03. The first-order chi connectivity index (χ1) is 7.44. The number of carbonyl (C=O) groups is 1. The molecule has 94 valence electrons. The fourth-order valence-corrected chi connectivity index (χ4v) is 2.03. The Labute approximate surface area is 99.4 Å². The van der Waals surface area contributed by atoms with Crippen molar-refractivity contribution in [3.8, 4) is 0 Å². The van der Waals surface area contributed by atoms with Gasteiger partial charge in [0.1, 0.15) is 0 Å². The third-order valence-corrected chi connectivity index (χ3v) is 3.12. The number of nitrogens with two attached hydrogens (primary N) is 1. The van der Waals surface area contributed by atoms with Crippen LogP contribution in [0.15, 0.2) is 0 Å². The minimum Gasteiger partial charge on any atom is -0.340 e. The lowest BCUT2D eigenvalue weighted by Crippen LogP contribution is -2.46. The number of nitrogens with zero attached hydrogens (tertiary/aromatic N) is 1. The number of rotatable bonds is 5. The number of amides is 1. The molecule has 0 heterocycles. The molecule has 1 fully saturated rings. The van der Waals surface area contributed by atoms with Crippen LogP contribution >= 0.6 is 0 Å². The molecule has 3 nitrogen and oxygen atoms in total. The van der Waals surface area contributed by atoms with E-state index in [1.165, 1.54) is 19.3 Å². The molecule has 0 unspecified atom stereocenters. The number of hydrogen-bond donors (Lipinski definition) is 1. The van der Waals surface area contributed by atoms with Crippen molar-refractivity contribution in [1.29, 1.82) is 0 Å². The van der Waals surface area contributed by atoms with Gasteiger partial charge in [-0.3, -0.25) is 4.79 Å². The summed E-state index contributed by atoms with van der Waals surface area (Å²) in [6, 6.07) is 0.501. The number of carbonyl (C=O) groups excluding carboxylic acids is 1. The normalized spacial score (nSPS) is 17.0. The lowest BCUT2D eigenvalue weighted by molar-refractivity contribution is -0.137. The Morgan fingerprint density at radius 3 is 2.38 bits per heavy atom. The van der Waals surface area contributed by atoms with E-state index in [2.05, 4.69) is 25.7 Å². The fraction of sp³-hybridized carbons (Fsp3) is 0.923.